The summed E-state index contributed by atoms with van der Waals surface area (Å²) in [6.07, 6.45) is 1.47. The van der Waals surface area contributed by atoms with Crippen LogP contribution in [0.15, 0.2) is 71.8 Å². The zero-order valence-corrected chi connectivity index (χ0v) is 21.0. The van der Waals surface area contributed by atoms with Gasteiger partial charge in [-0.25, -0.2) is 5.43 Å². The average Bonchev–Trinajstić information content (AvgIpc) is 2.89. The van der Waals surface area contributed by atoms with Crippen LogP contribution in [0.25, 0.3) is 0 Å². The van der Waals surface area contributed by atoms with E-state index in [1.807, 2.05) is 19.1 Å². The topological polar surface area (TPSA) is 98.2 Å². The van der Waals surface area contributed by atoms with Gasteiger partial charge in [0.25, 0.3) is 5.91 Å². The van der Waals surface area contributed by atoms with Crippen LogP contribution in [0.3, 0.4) is 0 Å². The second-order valence-corrected chi connectivity index (χ2v) is 8.16. The molecule has 0 aliphatic carbocycles. The van der Waals surface area contributed by atoms with Crippen LogP contribution in [-0.4, -0.2) is 31.7 Å². The van der Waals surface area contributed by atoms with Gasteiger partial charge in [0.2, 0.25) is 5.91 Å². The van der Waals surface area contributed by atoms with Crippen LogP contribution in [0.1, 0.15) is 25.0 Å². The summed E-state index contributed by atoms with van der Waals surface area (Å²) >= 11 is 5.93. The van der Waals surface area contributed by atoms with Crippen molar-refractivity contribution in [2.24, 2.45) is 11.0 Å². The number of methoxy groups -OCH3 is 1. The zero-order chi connectivity index (χ0) is 25.9. The molecular weight excluding hydrogens is 482 g/mol. The first-order valence-corrected chi connectivity index (χ1v) is 11.7. The highest BCUT2D eigenvalue weighted by Gasteiger charge is 2.21. The fourth-order valence-corrected chi connectivity index (χ4v) is 3.17. The van der Waals surface area contributed by atoms with E-state index in [0.717, 1.165) is 5.56 Å². The molecule has 3 aromatic carbocycles. The van der Waals surface area contributed by atoms with Gasteiger partial charge in [-0.1, -0.05) is 23.7 Å². The fraction of sp³-hybridized carbons (Fsp3) is 0.222. The second kappa shape index (κ2) is 13.2. The minimum Gasteiger partial charge on any atom is -0.497 e. The number of carbonyl (C=O) groups is 2. The largest absolute Gasteiger partial charge is 0.497 e. The van der Waals surface area contributed by atoms with Gasteiger partial charge in [0.05, 0.1) is 19.9 Å². The van der Waals surface area contributed by atoms with Crippen LogP contribution < -0.4 is 25.0 Å². The average molecular weight is 510 g/mol. The molecule has 2 N–H and O–H groups in total. The lowest BCUT2D eigenvalue weighted by molar-refractivity contribution is -0.131. The number of nitrogens with one attached hydrogen (secondary N) is 2. The van der Waals surface area contributed by atoms with Gasteiger partial charge < -0.3 is 19.5 Å². The lowest BCUT2D eigenvalue weighted by Crippen LogP contribution is -2.34. The first-order valence-electron chi connectivity index (χ1n) is 11.3. The quantitative estimate of drug-likeness (QED) is 0.214. The van der Waals surface area contributed by atoms with Crippen LogP contribution in [0.5, 0.6) is 17.2 Å². The molecule has 0 radical (unpaired) electrons. The van der Waals surface area contributed by atoms with Gasteiger partial charge >= 0.3 is 0 Å². The number of ether oxygens (including phenoxy) is 3. The summed E-state index contributed by atoms with van der Waals surface area (Å²) in [4.78, 5) is 24.8. The number of carbonyl (C=O) groups excluding carboxylic acids is 2. The van der Waals surface area contributed by atoms with E-state index in [-0.39, 0.29) is 0 Å². The highest BCUT2D eigenvalue weighted by atomic mass is 35.5. The first kappa shape index (κ1) is 26.6. The number of hydrogen-bond donors (Lipinski definition) is 2. The van der Waals surface area contributed by atoms with E-state index >= 15 is 0 Å². The monoisotopic (exact) mass is 509 g/mol. The van der Waals surface area contributed by atoms with E-state index < -0.39 is 17.7 Å². The highest BCUT2D eigenvalue weighted by Crippen LogP contribution is 2.29. The third kappa shape index (κ3) is 7.74. The number of benzene rings is 3. The molecule has 0 aliphatic heterocycles. The molecule has 0 aliphatic rings. The number of hydrazone groups is 1. The molecule has 0 heterocycles. The summed E-state index contributed by atoms with van der Waals surface area (Å²) in [6, 6.07) is 19.5. The zero-order valence-electron chi connectivity index (χ0n) is 20.3. The van der Waals surface area contributed by atoms with Gasteiger partial charge in [0, 0.05) is 10.7 Å². The predicted octanol–water partition coefficient (Wildman–Crippen LogP) is 5.05. The maximum absolute atomic E-state index is 12.4. The van der Waals surface area contributed by atoms with Crippen LogP contribution in [0.2, 0.25) is 5.02 Å². The molecule has 3 rings (SSSR count). The Kier molecular flexibility index (Phi) is 9.71. The summed E-state index contributed by atoms with van der Waals surface area (Å²) in [6.45, 7) is 4.19. The number of anilines is 1. The summed E-state index contributed by atoms with van der Waals surface area (Å²) in [5, 5.41) is 7.33. The number of hydrogen-bond acceptors (Lipinski definition) is 6. The predicted molar refractivity (Wildman–Crippen MR) is 140 cm³/mol. The molecule has 0 saturated heterocycles. The second-order valence-electron chi connectivity index (χ2n) is 7.73. The Morgan fingerprint density at radius 2 is 1.69 bits per heavy atom. The lowest BCUT2D eigenvalue weighted by Gasteiger charge is -2.13. The van der Waals surface area contributed by atoms with Gasteiger partial charge in [0.1, 0.15) is 18.3 Å². The number of amides is 2. The molecule has 2 amide bonds. The van der Waals surface area contributed by atoms with Crippen molar-refractivity contribution in [3.05, 3.63) is 82.9 Å². The first-order chi connectivity index (χ1) is 17.4. The van der Waals surface area contributed by atoms with Crippen molar-refractivity contribution in [1.29, 1.82) is 0 Å². The molecule has 8 nitrogen and oxygen atoms in total. The van der Waals surface area contributed by atoms with E-state index in [0.29, 0.717) is 46.7 Å². The molecule has 3 aromatic rings. The SMILES string of the molecule is CCOc1cc(C=NNC(=O)C(C)C(=O)Nc2ccc(OC)cc2)ccc1OCc1ccc(Cl)cc1. The highest BCUT2D eigenvalue weighted by molar-refractivity contribution is 6.30. The van der Waals surface area contributed by atoms with Crippen LogP contribution in [0, 0.1) is 5.92 Å². The normalized spacial score (nSPS) is 11.6. The smallest absolute Gasteiger partial charge is 0.252 e. The maximum atomic E-state index is 12.4. The number of nitrogens with zero attached hydrogens (tertiary/aromatic N) is 1. The third-order valence-electron chi connectivity index (χ3n) is 5.11. The summed E-state index contributed by atoms with van der Waals surface area (Å²) in [7, 11) is 1.56. The Balaban J connectivity index is 1.56. The van der Waals surface area contributed by atoms with Crippen molar-refractivity contribution in [2.45, 2.75) is 20.5 Å². The van der Waals surface area contributed by atoms with Crippen molar-refractivity contribution < 1.29 is 23.8 Å². The van der Waals surface area contributed by atoms with E-state index in [4.69, 9.17) is 25.8 Å². The standard InChI is InChI=1S/C27H28ClN3O5/c1-4-35-25-15-20(7-14-24(25)36-17-19-5-8-21(28)9-6-19)16-29-31-27(33)18(2)26(32)30-22-10-12-23(34-3)13-11-22/h5-16,18H,4,17H2,1-3H3,(H,30,32)(H,31,33). The molecule has 9 heteroatoms. The molecular formula is C27H28ClN3O5. The van der Waals surface area contributed by atoms with Gasteiger partial charge in [-0.2, -0.15) is 5.10 Å². The Morgan fingerprint density at radius 3 is 2.36 bits per heavy atom. The maximum Gasteiger partial charge on any atom is 0.252 e. The molecule has 1 unspecified atom stereocenters. The summed E-state index contributed by atoms with van der Waals surface area (Å²) in [5.74, 6) is -0.140. The van der Waals surface area contributed by atoms with E-state index in [1.165, 1.54) is 13.1 Å². The van der Waals surface area contributed by atoms with Gasteiger partial charge in [-0.05, 0) is 79.6 Å². The summed E-state index contributed by atoms with van der Waals surface area (Å²) < 4.78 is 16.7. The molecule has 0 saturated carbocycles. The Morgan fingerprint density at radius 1 is 0.972 bits per heavy atom. The Bertz CT molecular complexity index is 1200. The third-order valence-corrected chi connectivity index (χ3v) is 5.36. The van der Waals surface area contributed by atoms with Crippen LogP contribution in [0.4, 0.5) is 5.69 Å². The van der Waals surface area contributed by atoms with E-state index in [9.17, 15) is 9.59 Å². The molecule has 188 valence electrons. The minimum absolute atomic E-state index is 0.358. The summed E-state index contributed by atoms with van der Waals surface area (Å²) in [5.41, 5.74) is 4.62. The molecule has 0 aromatic heterocycles. The van der Waals surface area contributed by atoms with Crippen molar-refractivity contribution in [1.82, 2.24) is 5.43 Å². The number of rotatable bonds is 11. The molecule has 36 heavy (non-hydrogen) atoms. The van der Waals surface area contributed by atoms with Crippen molar-refractivity contribution >= 4 is 35.3 Å². The van der Waals surface area contributed by atoms with Gasteiger partial charge in [-0.3, -0.25) is 9.59 Å². The Hall–Kier alpha value is -4.04. The van der Waals surface area contributed by atoms with Crippen LogP contribution in [-0.2, 0) is 16.2 Å². The van der Waals surface area contributed by atoms with Crippen molar-refractivity contribution in [3.8, 4) is 17.2 Å². The molecule has 0 fully saturated rings. The number of halogens is 1. The van der Waals surface area contributed by atoms with E-state index in [2.05, 4.69) is 15.8 Å². The van der Waals surface area contributed by atoms with Crippen LogP contribution >= 0.6 is 11.6 Å². The lowest BCUT2D eigenvalue weighted by atomic mass is 10.1. The minimum atomic E-state index is -0.952. The van der Waals surface area contributed by atoms with Gasteiger partial charge in [-0.15, -0.1) is 0 Å². The van der Waals surface area contributed by atoms with Crippen molar-refractivity contribution in [3.63, 3.8) is 0 Å². The van der Waals surface area contributed by atoms with E-state index in [1.54, 1.807) is 61.7 Å². The van der Waals surface area contributed by atoms with Gasteiger partial charge in [0.15, 0.2) is 11.5 Å². The molecule has 0 bridgehead atoms. The molecule has 0 spiro atoms. The fourth-order valence-electron chi connectivity index (χ4n) is 3.05. The van der Waals surface area contributed by atoms with Crippen molar-refractivity contribution in [2.75, 3.05) is 19.0 Å². The Labute approximate surface area is 215 Å². The molecule has 1 atom stereocenters.